The molecule has 1 aromatic heterocycles. The van der Waals surface area contributed by atoms with Gasteiger partial charge in [0.25, 0.3) is 0 Å². The van der Waals surface area contributed by atoms with E-state index in [2.05, 4.69) is 78.9 Å². The van der Waals surface area contributed by atoms with Crippen molar-refractivity contribution in [1.29, 1.82) is 0 Å². The number of anilines is 3. The first-order valence-corrected chi connectivity index (χ1v) is 11.6. The molecule has 8 heteroatoms. The van der Waals surface area contributed by atoms with Crippen LogP contribution in [-0.2, 0) is 6.42 Å². The Balaban J connectivity index is 1.27. The van der Waals surface area contributed by atoms with E-state index in [-0.39, 0.29) is 0 Å². The van der Waals surface area contributed by atoms with Gasteiger partial charge in [-0.2, -0.15) is 4.98 Å². The van der Waals surface area contributed by atoms with E-state index in [1.807, 2.05) is 12.1 Å². The number of hydrogen-bond donors (Lipinski definition) is 2. The average molecular weight is 467 g/mol. The normalized spacial score (nSPS) is 13.7. The van der Waals surface area contributed by atoms with Crippen molar-refractivity contribution in [1.82, 2.24) is 15.3 Å². The number of para-hydroxylation sites is 1. The third-order valence-electron chi connectivity index (χ3n) is 5.40. The number of rotatable bonds is 7. The molecule has 3 aromatic rings. The SMILES string of the molecule is S=C(NCCCc1ccccc1)Nc1nc(Cl)cc(N2CCN(c3ccccc3)CC2)n1. The van der Waals surface area contributed by atoms with Gasteiger partial charge < -0.3 is 20.4 Å². The number of piperazine rings is 1. The summed E-state index contributed by atoms with van der Waals surface area (Å²) >= 11 is 11.7. The third kappa shape index (κ3) is 6.31. The Bertz CT molecular complexity index is 1010. The van der Waals surface area contributed by atoms with Crippen LogP contribution in [0, 0.1) is 0 Å². The summed E-state index contributed by atoms with van der Waals surface area (Å²) in [5.41, 5.74) is 2.57. The van der Waals surface area contributed by atoms with Gasteiger partial charge in [0, 0.05) is 44.5 Å². The Kier molecular flexibility index (Phi) is 7.74. The van der Waals surface area contributed by atoms with E-state index in [1.165, 1.54) is 11.3 Å². The van der Waals surface area contributed by atoms with Gasteiger partial charge in [-0.25, -0.2) is 4.98 Å². The first kappa shape index (κ1) is 22.3. The van der Waals surface area contributed by atoms with Gasteiger partial charge in [-0.3, -0.25) is 0 Å². The van der Waals surface area contributed by atoms with E-state index in [4.69, 9.17) is 23.8 Å². The van der Waals surface area contributed by atoms with E-state index in [9.17, 15) is 0 Å². The van der Waals surface area contributed by atoms with Gasteiger partial charge in [-0.1, -0.05) is 60.1 Å². The molecule has 0 bridgehead atoms. The predicted molar refractivity (Wildman–Crippen MR) is 137 cm³/mol. The highest BCUT2D eigenvalue weighted by atomic mass is 35.5. The molecule has 1 saturated heterocycles. The molecule has 0 atom stereocenters. The largest absolute Gasteiger partial charge is 0.368 e. The Morgan fingerprint density at radius 1 is 0.906 bits per heavy atom. The van der Waals surface area contributed by atoms with Crippen LogP contribution in [0.4, 0.5) is 17.5 Å². The summed E-state index contributed by atoms with van der Waals surface area (Å²) < 4.78 is 0. The molecule has 2 heterocycles. The van der Waals surface area contributed by atoms with Crippen LogP contribution in [0.3, 0.4) is 0 Å². The van der Waals surface area contributed by atoms with Crippen LogP contribution in [0.1, 0.15) is 12.0 Å². The zero-order valence-electron chi connectivity index (χ0n) is 17.9. The fourth-order valence-electron chi connectivity index (χ4n) is 3.74. The molecule has 0 amide bonds. The summed E-state index contributed by atoms with van der Waals surface area (Å²) in [6, 6.07) is 22.7. The van der Waals surface area contributed by atoms with Crippen LogP contribution in [0.15, 0.2) is 66.7 Å². The lowest BCUT2D eigenvalue weighted by Gasteiger charge is -2.36. The second-order valence-corrected chi connectivity index (χ2v) is 8.45. The van der Waals surface area contributed by atoms with E-state index >= 15 is 0 Å². The molecule has 2 N–H and O–H groups in total. The maximum Gasteiger partial charge on any atom is 0.232 e. The standard InChI is InChI=1S/C24H27ClN6S/c25-21-18-22(31-16-14-30(15-17-31)20-11-5-2-6-12-20)28-23(27-21)29-24(32)26-13-7-10-19-8-3-1-4-9-19/h1-6,8-9,11-12,18H,7,10,13-17H2,(H2,26,27,28,29,32). The van der Waals surface area contributed by atoms with Crippen LogP contribution < -0.4 is 20.4 Å². The fourth-order valence-corrected chi connectivity index (χ4v) is 4.11. The molecule has 0 radical (unpaired) electrons. The molecule has 2 aromatic carbocycles. The van der Waals surface area contributed by atoms with Crippen molar-refractivity contribution in [2.75, 3.05) is 47.8 Å². The smallest absolute Gasteiger partial charge is 0.232 e. The highest BCUT2D eigenvalue weighted by Gasteiger charge is 2.19. The van der Waals surface area contributed by atoms with Crippen molar-refractivity contribution in [3.05, 3.63) is 77.4 Å². The summed E-state index contributed by atoms with van der Waals surface area (Å²) in [4.78, 5) is 13.5. The number of nitrogens with one attached hydrogen (secondary N) is 2. The van der Waals surface area contributed by atoms with Crippen molar-refractivity contribution in [2.24, 2.45) is 0 Å². The topological polar surface area (TPSA) is 56.3 Å². The molecule has 0 spiro atoms. The molecule has 1 aliphatic rings. The first-order chi connectivity index (χ1) is 15.7. The second kappa shape index (κ2) is 11.1. The minimum Gasteiger partial charge on any atom is -0.368 e. The molecule has 32 heavy (non-hydrogen) atoms. The van der Waals surface area contributed by atoms with Crippen molar-refractivity contribution >= 4 is 46.4 Å². The zero-order chi connectivity index (χ0) is 22.2. The van der Waals surface area contributed by atoms with Crippen LogP contribution in [0.25, 0.3) is 0 Å². The maximum absolute atomic E-state index is 6.28. The number of nitrogens with zero attached hydrogens (tertiary/aromatic N) is 4. The van der Waals surface area contributed by atoms with E-state index < -0.39 is 0 Å². The molecular formula is C24H27ClN6S. The van der Waals surface area contributed by atoms with E-state index in [0.29, 0.717) is 16.2 Å². The van der Waals surface area contributed by atoms with Gasteiger partial charge in [0.15, 0.2) is 5.11 Å². The number of halogens is 1. The summed E-state index contributed by atoms with van der Waals surface area (Å²) in [7, 11) is 0. The second-order valence-electron chi connectivity index (χ2n) is 7.65. The molecular weight excluding hydrogens is 440 g/mol. The van der Waals surface area contributed by atoms with Crippen LogP contribution in [0.5, 0.6) is 0 Å². The predicted octanol–water partition coefficient (Wildman–Crippen LogP) is 4.38. The molecule has 1 aliphatic heterocycles. The minimum absolute atomic E-state index is 0.398. The Morgan fingerprint density at radius 3 is 2.28 bits per heavy atom. The molecule has 0 aliphatic carbocycles. The molecule has 1 fully saturated rings. The van der Waals surface area contributed by atoms with Crippen molar-refractivity contribution in [3.8, 4) is 0 Å². The summed E-state index contributed by atoms with van der Waals surface area (Å²) in [6.45, 7) is 4.36. The lowest BCUT2D eigenvalue weighted by atomic mass is 10.1. The molecule has 166 valence electrons. The number of aromatic nitrogens is 2. The molecule has 0 unspecified atom stereocenters. The summed E-state index contributed by atoms with van der Waals surface area (Å²) in [5.74, 6) is 1.23. The minimum atomic E-state index is 0.398. The van der Waals surface area contributed by atoms with E-state index in [0.717, 1.165) is 51.4 Å². The maximum atomic E-state index is 6.28. The van der Waals surface area contributed by atoms with Gasteiger partial charge >= 0.3 is 0 Å². The number of benzene rings is 2. The highest BCUT2D eigenvalue weighted by molar-refractivity contribution is 7.80. The van der Waals surface area contributed by atoms with E-state index in [1.54, 1.807) is 6.07 Å². The van der Waals surface area contributed by atoms with Gasteiger partial charge in [0.05, 0.1) is 0 Å². The summed E-state index contributed by atoms with van der Waals surface area (Å²) in [6.07, 6.45) is 1.99. The lowest BCUT2D eigenvalue weighted by molar-refractivity contribution is 0.647. The van der Waals surface area contributed by atoms with Crippen LogP contribution >= 0.6 is 23.8 Å². The van der Waals surface area contributed by atoms with Crippen LogP contribution in [0.2, 0.25) is 5.15 Å². The van der Waals surface area contributed by atoms with Crippen LogP contribution in [-0.4, -0.2) is 47.8 Å². The molecule has 0 saturated carbocycles. The van der Waals surface area contributed by atoms with Crippen molar-refractivity contribution < 1.29 is 0 Å². The van der Waals surface area contributed by atoms with Crippen molar-refractivity contribution in [2.45, 2.75) is 12.8 Å². The van der Waals surface area contributed by atoms with Gasteiger partial charge in [0.1, 0.15) is 11.0 Å². The summed E-state index contributed by atoms with van der Waals surface area (Å²) in [5, 5.41) is 7.19. The zero-order valence-corrected chi connectivity index (χ0v) is 19.4. The fraction of sp³-hybridized carbons (Fsp3) is 0.292. The number of thiocarbonyl (C=S) groups is 1. The first-order valence-electron chi connectivity index (χ1n) is 10.9. The van der Waals surface area contributed by atoms with Gasteiger partial charge in [0.2, 0.25) is 5.95 Å². The number of aryl methyl sites for hydroxylation is 1. The Morgan fingerprint density at radius 2 is 1.56 bits per heavy atom. The Labute approximate surface area is 199 Å². The Hall–Kier alpha value is -2.90. The average Bonchev–Trinajstić information content (AvgIpc) is 2.83. The van der Waals surface area contributed by atoms with Crippen molar-refractivity contribution in [3.63, 3.8) is 0 Å². The third-order valence-corrected chi connectivity index (χ3v) is 5.84. The van der Waals surface area contributed by atoms with Gasteiger partial charge in [-0.15, -0.1) is 0 Å². The highest BCUT2D eigenvalue weighted by Crippen LogP contribution is 2.22. The lowest BCUT2D eigenvalue weighted by Crippen LogP contribution is -2.46. The van der Waals surface area contributed by atoms with Gasteiger partial charge in [-0.05, 0) is 42.8 Å². The monoisotopic (exact) mass is 466 g/mol. The molecule has 4 rings (SSSR count). The number of hydrogen-bond acceptors (Lipinski definition) is 5. The molecule has 6 nitrogen and oxygen atoms in total. The quantitative estimate of drug-likeness (QED) is 0.304.